The number of aromatic nitrogens is 2. The van der Waals surface area contributed by atoms with Crippen LogP contribution in [0.3, 0.4) is 0 Å². The van der Waals surface area contributed by atoms with Gasteiger partial charge in [-0.3, -0.25) is 9.48 Å². The molecule has 0 atom stereocenters. The van der Waals surface area contributed by atoms with Crippen LogP contribution in [0, 0.1) is 27.7 Å². The fourth-order valence-electron chi connectivity index (χ4n) is 2.15. The number of carbonyl (C=O) groups excluding carboxylic acids is 1. The third kappa shape index (κ3) is 3.64. The van der Waals surface area contributed by atoms with Gasteiger partial charge in [0, 0.05) is 29.4 Å². The van der Waals surface area contributed by atoms with E-state index < -0.39 is 0 Å². The molecule has 0 spiro atoms. The number of benzene rings is 1. The average molecular weight is 306 g/mol. The van der Waals surface area contributed by atoms with Gasteiger partial charge in [-0.25, -0.2) is 0 Å². The van der Waals surface area contributed by atoms with E-state index >= 15 is 0 Å². The zero-order valence-corrected chi connectivity index (χ0v) is 13.6. The summed E-state index contributed by atoms with van der Waals surface area (Å²) in [4.78, 5) is 12.1. The normalized spacial score (nSPS) is 10.7. The highest BCUT2D eigenvalue weighted by atomic mass is 35.5. The molecule has 1 amide bonds. The van der Waals surface area contributed by atoms with Crippen LogP contribution >= 0.6 is 11.6 Å². The molecule has 0 aliphatic heterocycles. The van der Waals surface area contributed by atoms with Crippen molar-refractivity contribution in [2.45, 2.75) is 40.7 Å². The summed E-state index contributed by atoms with van der Waals surface area (Å²) in [5.41, 5.74) is 5.06. The number of nitrogens with zero attached hydrogens (tertiary/aromatic N) is 2. The fourth-order valence-corrected chi connectivity index (χ4v) is 2.33. The molecule has 1 aromatic carbocycles. The first-order valence-electron chi connectivity index (χ1n) is 6.95. The molecule has 0 bridgehead atoms. The molecule has 5 heteroatoms. The standard InChI is InChI=1S/C16H20ClN3O/c1-10-5-6-14(17)9-15(10)18-16(21)7-8-20-13(4)11(2)12(3)19-20/h5-6,9H,7-8H2,1-4H3,(H,18,21). The predicted octanol–water partition coefficient (Wildman–Crippen LogP) is 3.80. The molecule has 1 aromatic heterocycles. The van der Waals surface area contributed by atoms with Gasteiger partial charge in [0.2, 0.25) is 5.91 Å². The van der Waals surface area contributed by atoms with Crippen molar-refractivity contribution in [3.8, 4) is 0 Å². The Morgan fingerprint density at radius 3 is 2.62 bits per heavy atom. The number of hydrogen-bond donors (Lipinski definition) is 1. The lowest BCUT2D eigenvalue weighted by atomic mass is 10.2. The van der Waals surface area contributed by atoms with Gasteiger partial charge in [0.25, 0.3) is 0 Å². The summed E-state index contributed by atoms with van der Waals surface area (Å²) >= 11 is 5.95. The maximum absolute atomic E-state index is 12.1. The summed E-state index contributed by atoms with van der Waals surface area (Å²) in [6.07, 6.45) is 0.382. The molecule has 112 valence electrons. The summed E-state index contributed by atoms with van der Waals surface area (Å²) < 4.78 is 1.88. The van der Waals surface area contributed by atoms with Crippen molar-refractivity contribution >= 4 is 23.2 Å². The Labute approximate surface area is 130 Å². The maximum atomic E-state index is 12.1. The highest BCUT2D eigenvalue weighted by molar-refractivity contribution is 6.31. The molecule has 2 rings (SSSR count). The lowest BCUT2D eigenvalue weighted by Crippen LogP contribution is -2.16. The molecule has 1 N–H and O–H groups in total. The number of nitrogens with one attached hydrogen (secondary N) is 1. The topological polar surface area (TPSA) is 46.9 Å². The van der Waals surface area contributed by atoms with E-state index in [0.717, 1.165) is 22.6 Å². The van der Waals surface area contributed by atoms with Crippen molar-refractivity contribution < 1.29 is 4.79 Å². The molecule has 0 radical (unpaired) electrons. The molecule has 0 saturated heterocycles. The van der Waals surface area contributed by atoms with Crippen LogP contribution in [0.15, 0.2) is 18.2 Å². The van der Waals surface area contributed by atoms with Gasteiger partial charge in [-0.2, -0.15) is 5.10 Å². The number of amides is 1. The first kappa shape index (κ1) is 15.6. The Kier molecular flexibility index (Phi) is 4.68. The van der Waals surface area contributed by atoms with Crippen molar-refractivity contribution in [3.63, 3.8) is 0 Å². The van der Waals surface area contributed by atoms with Gasteiger partial charge in [0.1, 0.15) is 0 Å². The third-order valence-corrected chi connectivity index (χ3v) is 4.00. The van der Waals surface area contributed by atoms with Gasteiger partial charge in [0.15, 0.2) is 0 Å². The van der Waals surface area contributed by atoms with Gasteiger partial charge < -0.3 is 5.32 Å². The molecule has 4 nitrogen and oxygen atoms in total. The summed E-state index contributed by atoms with van der Waals surface area (Å²) in [6, 6.07) is 5.47. The van der Waals surface area contributed by atoms with Gasteiger partial charge in [0.05, 0.1) is 5.69 Å². The summed E-state index contributed by atoms with van der Waals surface area (Å²) in [5.74, 6) is -0.0365. The predicted molar refractivity (Wildman–Crippen MR) is 85.9 cm³/mol. The molecule has 0 aliphatic rings. The molecule has 2 aromatic rings. The Morgan fingerprint density at radius 1 is 1.29 bits per heavy atom. The van der Waals surface area contributed by atoms with Crippen LogP contribution in [-0.2, 0) is 11.3 Å². The molecule has 0 aliphatic carbocycles. The van der Waals surface area contributed by atoms with Crippen LogP contribution in [0.25, 0.3) is 0 Å². The lowest BCUT2D eigenvalue weighted by molar-refractivity contribution is -0.116. The van der Waals surface area contributed by atoms with Crippen LogP contribution in [0.1, 0.15) is 28.9 Å². The van der Waals surface area contributed by atoms with Crippen molar-refractivity contribution in [2.24, 2.45) is 0 Å². The quantitative estimate of drug-likeness (QED) is 0.934. The summed E-state index contributed by atoms with van der Waals surface area (Å²) in [5, 5.41) is 7.95. The first-order chi connectivity index (χ1) is 9.88. The molecule has 0 unspecified atom stereocenters. The van der Waals surface area contributed by atoms with Gasteiger partial charge in [-0.15, -0.1) is 0 Å². The smallest absolute Gasteiger partial charge is 0.226 e. The average Bonchev–Trinajstić information content (AvgIpc) is 2.68. The third-order valence-electron chi connectivity index (χ3n) is 3.77. The van der Waals surface area contributed by atoms with Crippen molar-refractivity contribution in [3.05, 3.63) is 45.7 Å². The van der Waals surface area contributed by atoms with Crippen LogP contribution in [0.2, 0.25) is 5.02 Å². The van der Waals surface area contributed by atoms with Crippen LogP contribution < -0.4 is 5.32 Å². The van der Waals surface area contributed by atoms with Crippen LogP contribution in [0.4, 0.5) is 5.69 Å². The molecule has 21 heavy (non-hydrogen) atoms. The number of anilines is 1. The Balaban J connectivity index is 1.99. The van der Waals surface area contributed by atoms with Gasteiger partial charge >= 0.3 is 0 Å². The zero-order valence-electron chi connectivity index (χ0n) is 12.8. The van der Waals surface area contributed by atoms with Crippen LogP contribution in [-0.4, -0.2) is 15.7 Å². The van der Waals surface area contributed by atoms with Crippen molar-refractivity contribution in [1.29, 1.82) is 0 Å². The minimum Gasteiger partial charge on any atom is -0.326 e. The molecular formula is C16H20ClN3O. The minimum atomic E-state index is -0.0365. The molecular weight excluding hydrogens is 286 g/mol. The Hall–Kier alpha value is -1.81. The monoisotopic (exact) mass is 305 g/mol. The van der Waals surface area contributed by atoms with E-state index in [-0.39, 0.29) is 5.91 Å². The number of carbonyl (C=O) groups is 1. The SMILES string of the molecule is Cc1ccc(Cl)cc1NC(=O)CCn1nc(C)c(C)c1C. The minimum absolute atomic E-state index is 0.0365. The lowest BCUT2D eigenvalue weighted by Gasteiger charge is -2.09. The molecule has 0 saturated carbocycles. The number of aryl methyl sites for hydroxylation is 3. The zero-order chi connectivity index (χ0) is 15.6. The van der Waals surface area contributed by atoms with E-state index in [4.69, 9.17) is 11.6 Å². The molecule has 1 heterocycles. The van der Waals surface area contributed by atoms with E-state index in [9.17, 15) is 4.79 Å². The van der Waals surface area contributed by atoms with E-state index in [1.54, 1.807) is 6.07 Å². The van der Waals surface area contributed by atoms with Gasteiger partial charge in [-0.05, 0) is 51.0 Å². The summed E-state index contributed by atoms with van der Waals surface area (Å²) in [6.45, 7) is 8.56. The second kappa shape index (κ2) is 6.31. The molecule has 0 fully saturated rings. The Morgan fingerprint density at radius 2 is 2.00 bits per heavy atom. The number of rotatable bonds is 4. The highest BCUT2D eigenvalue weighted by Gasteiger charge is 2.10. The second-order valence-electron chi connectivity index (χ2n) is 5.28. The van der Waals surface area contributed by atoms with E-state index in [2.05, 4.69) is 10.4 Å². The highest BCUT2D eigenvalue weighted by Crippen LogP contribution is 2.20. The second-order valence-corrected chi connectivity index (χ2v) is 5.71. The first-order valence-corrected chi connectivity index (χ1v) is 7.33. The van der Waals surface area contributed by atoms with Crippen molar-refractivity contribution in [2.75, 3.05) is 5.32 Å². The van der Waals surface area contributed by atoms with E-state index in [1.165, 1.54) is 5.56 Å². The van der Waals surface area contributed by atoms with E-state index in [1.807, 2.05) is 44.5 Å². The van der Waals surface area contributed by atoms with Crippen LogP contribution in [0.5, 0.6) is 0 Å². The fraction of sp³-hybridized carbons (Fsp3) is 0.375. The number of hydrogen-bond acceptors (Lipinski definition) is 2. The van der Waals surface area contributed by atoms with E-state index in [0.29, 0.717) is 18.0 Å². The van der Waals surface area contributed by atoms with Crippen molar-refractivity contribution in [1.82, 2.24) is 9.78 Å². The number of halogens is 1. The van der Waals surface area contributed by atoms with Gasteiger partial charge in [-0.1, -0.05) is 17.7 Å². The summed E-state index contributed by atoms with van der Waals surface area (Å²) in [7, 11) is 0. The maximum Gasteiger partial charge on any atom is 0.226 e. The largest absolute Gasteiger partial charge is 0.326 e. The Bertz CT molecular complexity index is 676.